The third kappa shape index (κ3) is 2.99. The van der Waals surface area contributed by atoms with Crippen molar-refractivity contribution in [3.8, 4) is 11.4 Å². The van der Waals surface area contributed by atoms with Gasteiger partial charge in [0.25, 0.3) is 5.91 Å². The topological polar surface area (TPSA) is 112 Å². The molecule has 0 saturated carbocycles. The number of nitrogens with zero attached hydrogens (tertiary/aromatic N) is 5. The van der Waals surface area contributed by atoms with E-state index < -0.39 is 0 Å². The quantitative estimate of drug-likeness (QED) is 0.592. The Kier molecular flexibility index (Phi) is 3.73. The van der Waals surface area contributed by atoms with E-state index in [2.05, 4.69) is 25.5 Å². The standard InChI is InChI=1S/C16H14N6O3/c1-2-22-9-10(7-19-22)15-20-14(25-21-15)8-18-16(23)13-6-11-12(24-13)4-3-5-17-11/h3-7,9H,2,8H2,1H3,(H,18,23). The van der Waals surface area contributed by atoms with Gasteiger partial charge in [-0.1, -0.05) is 5.16 Å². The number of rotatable bonds is 5. The highest BCUT2D eigenvalue weighted by molar-refractivity contribution is 5.95. The molecule has 126 valence electrons. The normalized spacial score (nSPS) is 11.1. The molecule has 0 bridgehead atoms. The second kappa shape index (κ2) is 6.19. The van der Waals surface area contributed by atoms with Gasteiger partial charge in [-0.3, -0.25) is 14.5 Å². The Morgan fingerprint density at radius 1 is 1.40 bits per heavy atom. The van der Waals surface area contributed by atoms with E-state index in [9.17, 15) is 4.79 Å². The number of aryl methyl sites for hydroxylation is 1. The summed E-state index contributed by atoms with van der Waals surface area (Å²) in [4.78, 5) is 20.5. The lowest BCUT2D eigenvalue weighted by atomic mass is 10.3. The third-order valence-corrected chi connectivity index (χ3v) is 3.59. The van der Waals surface area contributed by atoms with Gasteiger partial charge in [-0.05, 0) is 19.1 Å². The molecule has 0 aliphatic carbocycles. The predicted octanol–water partition coefficient (Wildman–Crippen LogP) is 2.02. The zero-order chi connectivity index (χ0) is 17.2. The fraction of sp³-hybridized carbons (Fsp3) is 0.188. The number of furan rings is 1. The maximum absolute atomic E-state index is 12.2. The molecule has 0 fully saturated rings. The summed E-state index contributed by atoms with van der Waals surface area (Å²) in [5.74, 6) is 0.521. The molecule has 0 aliphatic rings. The highest BCUT2D eigenvalue weighted by Gasteiger charge is 2.15. The molecule has 1 N–H and O–H groups in total. The van der Waals surface area contributed by atoms with Gasteiger partial charge in [-0.25, -0.2) is 0 Å². The number of fused-ring (bicyclic) bond motifs is 1. The van der Waals surface area contributed by atoms with E-state index in [1.807, 2.05) is 13.1 Å². The van der Waals surface area contributed by atoms with Crippen LogP contribution in [0, 0.1) is 0 Å². The van der Waals surface area contributed by atoms with E-state index in [-0.39, 0.29) is 18.2 Å². The van der Waals surface area contributed by atoms with Crippen molar-refractivity contribution in [2.45, 2.75) is 20.0 Å². The number of carbonyl (C=O) groups is 1. The molecule has 9 heteroatoms. The molecule has 4 rings (SSSR count). The van der Waals surface area contributed by atoms with Crippen molar-refractivity contribution in [3.63, 3.8) is 0 Å². The highest BCUT2D eigenvalue weighted by Crippen LogP contribution is 2.17. The highest BCUT2D eigenvalue weighted by atomic mass is 16.5. The van der Waals surface area contributed by atoms with Crippen LogP contribution >= 0.6 is 0 Å². The smallest absolute Gasteiger partial charge is 0.287 e. The van der Waals surface area contributed by atoms with Gasteiger partial charge in [-0.2, -0.15) is 10.1 Å². The number of hydrogen-bond acceptors (Lipinski definition) is 7. The van der Waals surface area contributed by atoms with Crippen LogP contribution in [0.4, 0.5) is 0 Å². The molecule has 4 heterocycles. The summed E-state index contributed by atoms with van der Waals surface area (Å²) in [6.07, 6.45) is 5.13. The van der Waals surface area contributed by atoms with E-state index in [4.69, 9.17) is 8.94 Å². The zero-order valence-corrected chi connectivity index (χ0v) is 13.3. The summed E-state index contributed by atoms with van der Waals surface area (Å²) in [7, 11) is 0. The SMILES string of the molecule is CCn1cc(-c2noc(CNC(=O)c3cc4ncccc4o3)n2)cn1. The van der Waals surface area contributed by atoms with Crippen LogP contribution in [0.2, 0.25) is 0 Å². The molecule has 0 atom stereocenters. The molecule has 25 heavy (non-hydrogen) atoms. The molecule has 0 radical (unpaired) electrons. The first kappa shape index (κ1) is 15.1. The number of pyridine rings is 1. The van der Waals surface area contributed by atoms with Gasteiger partial charge in [0.2, 0.25) is 11.7 Å². The molecule has 0 aromatic carbocycles. The Hall–Kier alpha value is -3.49. The van der Waals surface area contributed by atoms with Crippen molar-refractivity contribution in [1.29, 1.82) is 0 Å². The molecule has 0 aliphatic heterocycles. The van der Waals surface area contributed by atoms with Crippen molar-refractivity contribution in [1.82, 2.24) is 30.2 Å². The van der Waals surface area contributed by atoms with Crippen LogP contribution in [0.3, 0.4) is 0 Å². The average Bonchev–Trinajstić information content (AvgIpc) is 3.37. The second-order valence-corrected chi connectivity index (χ2v) is 5.28. The van der Waals surface area contributed by atoms with Crippen molar-refractivity contribution in [2.75, 3.05) is 0 Å². The van der Waals surface area contributed by atoms with Gasteiger partial charge in [-0.15, -0.1) is 0 Å². The second-order valence-electron chi connectivity index (χ2n) is 5.28. The number of aromatic nitrogens is 5. The first-order valence-corrected chi connectivity index (χ1v) is 7.71. The fourth-order valence-electron chi connectivity index (χ4n) is 2.32. The van der Waals surface area contributed by atoms with E-state index >= 15 is 0 Å². The van der Waals surface area contributed by atoms with Gasteiger partial charge in [0.05, 0.1) is 18.3 Å². The average molecular weight is 338 g/mol. The van der Waals surface area contributed by atoms with Gasteiger partial charge in [0.15, 0.2) is 11.3 Å². The van der Waals surface area contributed by atoms with Gasteiger partial charge >= 0.3 is 0 Å². The summed E-state index contributed by atoms with van der Waals surface area (Å²) < 4.78 is 12.4. The van der Waals surface area contributed by atoms with Crippen LogP contribution in [0.25, 0.3) is 22.5 Å². The molecule has 0 spiro atoms. The van der Waals surface area contributed by atoms with Gasteiger partial charge in [0, 0.05) is 25.0 Å². The van der Waals surface area contributed by atoms with Crippen LogP contribution in [0.15, 0.2) is 45.7 Å². The van der Waals surface area contributed by atoms with Crippen molar-refractivity contribution < 1.29 is 13.7 Å². The Labute approximate surface area is 141 Å². The van der Waals surface area contributed by atoms with E-state index in [1.54, 1.807) is 35.3 Å². The summed E-state index contributed by atoms with van der Waals surface area (Å²) in [5, 5.41) is 10.7. The van der Waals surface area contributed by atoms with Crippen molar-refractivity contribution in [2.24, 2.45) is 0 Å². The molecule has 4 aromatic rings. The Bertz CT molecular complexity index is 998. The van der Waals surface area contributed by atoms with Crippen molar-refractivity contribution >= 4 is 17.0 Å². The molecular formula is C16H14N6O3. The minimum absolute atomic E-state index is 0.0955. The van der Waals surface area contributed by atoms with Gasteiger partial charge < -0.3 is 14.3 Å². The van der Waals surface area contributed by atoms with Crippen LogP contribution in [-0.4, -0.2) is 30.8 Å². The summed E-state index contributed by atoms with van der Waals surface area (Å²) in [5.41, 5.74) is 1.94. The van der Waals surface area contributed by atoms with E-state index in [1.165, 1.54) is 0 Å². The van der Waals surface area contributed by atoms with Crippen molar-refractivity contribution in [3.05, 3.63) is 48.4 Å². The maximum atomic E-state index is 12.2. The van der Waals surface area contributed by atoms with Crippen LogP contribution < -0.4 is 5.32 Å². The predicted molar refractivity (Wildman–Crippen MR) is 86.4 cm³/mol. The molecule has 0 unspecified atom stereocenters. The molecule has 4 aromatic heterocycles. The van der Waals surface area contributed by atoms with E-state index in [0.29, 0.717) is 22.8 Å². The lowest BCUT2D eigenvalue weighted by Crippen LogP contribution is -2.22. The first-order chi connectivity index (χ1) is 12.2. The van der Waals surface area contributed by atoms with E-state index in [0.717, 1.165) is 12.1 Å². The Morgan fingerprint density at radius 3 is 3.12 bits per heavy atom. The number of carbonyl (C=O) groups excluding carboxylic acids is 1. The monoisotopic (exact) mass is 338 g/mol. The minimum atomic E-state index is -0.378. The Balaban J connectivity index is 1.43. The minimum Gasteiger partial charge on any atom is -0.449 e. The van der Waals surface area contributed by atoms with Crippen LogP contribution in [0.5, 0.6) is 0 Å². The van der Waals surface area contributed by atoms with Crippen LogP contribution in [-0.2, 0) is 13.1 Å². The molecule has 1 amide bonds. The number of amides is 1. The van der Waals surface area contributed by atoms with Crippen LogP contribution in [0.1, 0.15) is 23.4 Å². The summed E-state index contributed by atoms with van der Waals surface area (Å²) in [6.45, 7) is 2.84. The molecule has 0 saturated heterocycles. The first-order valence-electron chi connectivity index (χ1n) is 7.71. The number of nitrogens with one attached hydrogen (secondary N) is 1. The maximum Gasteiger partial charge on any atom is 0.287 e. The molecular weight excluding hydrogens is 324 g/mol. The summed E-state index contributed by atoms with van der Waals surface area (Å²) >= 11 is 0. The summed E-state index contributed by atoms with van der Waals surface area (Å²) in [6, 6.07) is 5.08. The lowest BCUT2D eigenvalue weighted by Gasteiger charge is -1.97. The zero-order valence-electron chi connectivity index (χ0n) is 13.3. The third-order valence-electron chi connectivity index (χ3n) is 3.59. The van der Waals surface area contributed by atoms with Gasteiger partial charge in [0.1, 0.15) is 5.52 Å². The fourth-order valence-corrected chi connectivity index (χ4v) is 2.32. The molecule has 9 nitrogen and oxygen atoms in total. The lowest BCUT2D eigenvalue weighted by molar-refractivity contribution is 0.0920. The number of hydrogen-bond donors (Lipinski definition) is 1. The Morgan fingerprint density at radius 2 is 2.32 bits per heavy atom. The largest absolute Gasteiger partial charge is 0.449 e.